The summed E-state index contributed by atoms with van der Waals surface area (Å²) >= 11 is 12.6. The number of halogens is 2. The zero-order chi connectivity index (χ0) is 18.0. The molecule has 2 fully saturated rings. The third-order valence-corrected chi connectivity index (χ3v) is 6.07. The predicted octanol–water partition coefficient (Wildman–Crippen LogP) is 3.78. The number of carboxylic acids is 1. The van der Waals surface area contributed by atoms with Crippen LogP contribution in [0.5, 0.6) is 0 Å². The van der Waals surface area contributed by atoms with Crippen LogP contribution in [0, 0.1) is 5.92 Å². The lowest BCUT2D eigenvalue weighted by molar-refractivity contribution is -0.138. The monoisotopic (exact) mass is 388 g/mol. The Hall–Kier alpha value is -2.31. The van der Waals surface area contributed by atoms with Crippen LogP contribution in [0.2, 0.25) is 10.0 Å². The minimum absolute atomic E-state index is 0.231. The van der Waals surface area contributed by atoms with Crippen LogP contribution >= 0.6 is 23.2 Å². The number of carboxylic acid groups (broad SMARTS) is 1. The number of anilines is 1. The molecule has 2 aliphatic rings. The Morgan fingerprint density at radius 2 is 2.12 bits per heavy atom. The SMILES string of the molecule is O=C(O)[C@@H]1C[C@@H]2C[C@@H]2N1c1cc(-n2ccnc2)c2ccc(Cl)c(Cl)c2n1. The second kappa shape index (κ2) is 5.59. The van der Waals surface area contributed by atoms with Crippen molar-refractivity contribution in [3.63, 3.8) is 0 Å². The van der Waals surface area contributed by atoms with Gasteiger partial charge in [-0.3, -0.25) is 0 Å². The molecule has 3 atom stereocenters. The molecule has 26 heavy (non-hydrogen) atoms. The summed E-state index contributed by atoms with van der Waals surface area (Å²) in [6.07, 6.45) is 6.88. The van der Waals surface area contributed by atoms with Gasteiger partial charge in [0.2, 0.25) is 0 Å². The second-order valence-electron chi connectivity index (χ2n) is 6.79. The molecule has 3 heterocycles. The van der Waals surface area contributed by atoms with Crippen LogP contribution < -0.4 is 4.90 Å². The topological polar surface area (TPSA) is 71.2 Å². The number of imidazole rings is 1. The highest BCUT2D eigenvalue weighted by Crippen LogP contribution is 2.50. The average molecular weight is 389 g/mol. The van der Waals surface area contributed by atoms with E-state index in [2.05, 4.69) is 4.98 Å². The highest BCUT2D eigenvalue weighted by atomic mass is 35.5. The quantitative estimate of drug-likeness (QED) is 0.738. The molecule has 1 aliphatic heterocycles. The van der Waals surface area contributed by atoms with E-state index in [0.29, 0.717) is 33.7 Å². The number of rotatable bonds is 3. The number of pyridine rings is 1. The lowest BCUT2D eigenvalue weighted by Crippen LogP contribution is -2.39. The zero-order valence-electron chi connectivity index (χ0n) is 13.5. The van der Waals surface area contributed by atoms with Crippen molar-refractivity contribution in [3.8, 4) is 5.69 Å². The van der Waals surface area contributed by atoms with Gasteiger partial charge in [-0.1, -0.05) is 23.2 Å². The van der Waals surface area contributed by atoms with Crippen LogP contribution in [0.1, 0.15) is 12.8 Å². The Morgan fingerprint density at radius 1 is 1.27 bits per heavy atom. The van der Waals surface area contributed by atoms with Crippen LogP contribution in [0.25, 0.3) is 16.6 Å². The van der Waals surface area contributed by atoms with Gasteiger partial charge < -0.3 is 14.6 Å². The van der Waals surface area contributed by atoms with E-state index in [1.807, 2.05) is 27.8 Å². The van der Waals surface area contributed by atoms with E-state index in [0.717, 1.165) is 17.5 Å². The van der Waals surface area contributed by atoms with Gasteiger partial charge in [0.1, 0.15) is 11.9 Å². The lowest BCUT2D eigenvalue weighted by Gasteiger charge is -2.26. The number of aliphatic carboxylic acids is 1. The second-order valence-corrected chi connectivity index (χ2v) is 7.57. The Labute approximate surface area is 159 Å². The van der Waals surface area contributed by atoms with Crippen molar-refractivity contribution in [1.82, 2.24) is 14.5 Å². The Morgan fingerprint density at radius 3 is 2.85 bits per heavy atom. The maximum Gasteiger partial charge on any atom is 0.326 e. The first-order chi connectivity index (χ1) is 12.5. The molecule has 1 aliphatic carbocycles. The summed E-state index contributed by atoms with van der Waals surface area (Å²) in [5.74, 6) is 0.225. The van der Waals surface area contributed by atoms with Crippen molar-refractivity contribution < 1.29 is 9.90 Å². The fourth-order valence-electron chi connectivity index (χ4n) is 3.96. The highest BCUT2D eigenvalue weighted by Gasteiger charge is 2.55. The molecular weight excluding hydrogens is 375 g/mol. The van der Waals surface area contributed by atoms with Crippen LogP contribution in [0.4, 0.5) is 5.82 Å². The van der Waals surface area contributed by atoms with Crippen LogP contribution in [-0.2, 0) is 4.79 Å². The smallest absolute Gasteiger partial charge is 0.326 e. The van der Waals surface area contributed by atoms with Crippen molar-refractivity contribution in [3.05, 3.63) is 47.0 Å². The van der Waals surface area contributed by atoms with Gasteiger partial charge in [0.25, 0.3) is 0 Å². The molecular formula is C18H14Cl2N4O2. The third-order valence-electron chi connectivity index (χ3n) is 5.27. The minimum atomic E-state index is -0.819. The number of hydrogen-bond donors (Lipinski definition) is 1. The number of piperidine rings is 1. The third kappa shape index (κ3) is 2.29. The first kappa shape index (κ1) is 15.9. The van der Waals surface area contributed by atoms with Crippen molar-refractivity contribution in [2.75, 3.05) is 4.90 Å². The molecule has 1 N–H and O–H groups in total. The van der Waals surface area contributed by atoms with E-state index in [9.17, 15) is 9.90 Å². The fourth-order valence-corrected chi connectivity index (χ4v) is 4.32. The van der Waals surface area contributed by atoms with Crippen LogP contribution in [0.15, 0.2) is 36.9 Å². The van der Waals surface area contributed by atoms with E-state index in [1.54, 1.807) is 18.6 Å². The fraction of sp³-hybridized carbons (Fsp3) is 0.278. The maximum absolute atomic E-state index is 11.7. The number of nitrogens with zero attached hydrogens (tertiary/aromatic N) is 4. The lowest BCUT2D eigenvalue weighted by atomic mass is 10.1. The van der Waals surface area contributed by atoms with Gasteiger partial charge in [-0.05, 0) is 30.9 Å². The number of hydrogen-bond acceptors (Lipinski definition) is 4. The average Bonchev–Trinajstić information content (AvgIpc) is 3.05. The van der Waals surface area contributed by atoms with Gasteiger partial charge >= 0.3 is 5.97 Å². The van der Waals surface area contributed by atoms with E-state index >= 15 is 0 Å². The molecule has 2 aromatic heterocycles. The number of fused-ring (bicyclic) bond motifs is 2. The molecule has 1 aromatic carbocycles. The number of aromatic nitrogens is 3. The van der Waals surface area contributed by atoms with Crippen molar-refractivity contribution in [2.24, 2.45) is 5.92 Å². The summed E-state index contributed by atoms with van der Waals surface area (Å²) in [5.41, 5.74) is 1.41. The molecule has 1 saturated carbocycles. The molecule has 0 spiro atoms. The molecule has 3 aromatic rings. The summed E-state index contributed by atoms with van der Waals surface area (Å²) in [6.45, 7) is 0. The Kier molecular flexibility index (Phi) is 3.42. The van der Waals surface area contributed by atoms with E-state index in [-0.39, 0.29) is 6.04 Å². The predicted molar refractivity (Wildman–Crippen MR) is 99.3 cm³/mol. The number of benzene rings is 1. The van der Waals surface area contributed by atoms with Gasteiger partial charge in [-0.2, -0.15) is 0 Å². The van der Waals surface area contributed by atoms with Gasteiger partial charge in [0.15, 0.2) is 0 Å². The standard InChI is InChI=1S/C18H14Cl2N4O2/c19-11-2-1-10-13(23-4-3-21-8-23)7-15(22-17(10)16(11)20)24-12-5-9(12)6-14(24)18(25)26/h1-4,7-9,12,14H,5-6H2,(H,25,26)/t9-,12-,14-/m0/s1. The van der Waals surface area contributed by atoms with Crippen LogP contribution in [-0.4, -0.2) is 37.7 Å². The Bertz CT molecular complexity index is 1040. The highest BCUT2D eigenvalue weighted by molar-refractivity contribution is 6.45. The molecule has 0 unspecified atom stereocenters. The molecule has 8 heteroatoms. The van der Waals surface area contributed by atoms with Gasteiger partial charge in [0, 0.05) is 29.9 Å². The minimum Gasteiger partial charge on any atom is -0.480 e. The van der Waals surface area contributed by atoms with Crippen molar-refractivity contribution >= 4 is 45.9 Å². The first-order valence-electron chi connectivity index (χ1n) is 8.33. The van der Waals surface area contributed by atoms with E-state index in [4.69, 9.17) is 28.2 Å². The van der Waals surface area contributed by atoms with E-state index in [1.165, 1.54) is 0 Å². The molecule has 6 nitrogen and oxygen atoms in total. The molecule has 0 radical (unpaired) electrons. The van der Waals surface area contributed by atoms with Gasteiger partial charge in [-0.15, -0.1) is 0 Å². The summed E-state index contributed by atoms with van der Waals surface area (Å²) in [7, 11) is 0. The first-order valence-corrected chi connectivity index (χ1v) is 9.08. The summed E-state index contributed by atoms with van der Waals surface area (Å²) in [5, 5.41) is 11.2. The van der Waals surface area contributed by atoms with Gasteiger partial charge in [-0.25, -0.2) is 14.8 Å². The summed E-state index contributed by atoms with van der Waals surface area (Å²) < 4.78 is 1.87. The molecule has 1 saturated heterocycles. The molecule has 5 rings (SSSR count). The molecule has 0 bridgehead atoms. The van der Waals surface area contributed by atoms with Crippen molar-refractivity contribution in [1.29, 1.82) is 0 Å². The van der Waals surface area contributed by atoms with Gasteiger partial charge in [0.05, 0.1) is 27.6 Å². The zero-order valence-corrected chi connectivity index (χ0v) is 15.0. The largest absolute Gasteiger partial charge is 0.480 e. The Balaban J connectivity index is 1.76. The summed E-state index contributed by atoms with van der Waals surface area (Å²) in [6, 6.07) is 5.19. The molecule has 0 amide bonds. The normalized spacial score (nSPS) is 24.1. The van der Waals surface area contributed by atoms with Crippen molar-refractivity contribution in [2.45, 2.75) is 24.9 Å². The van der Waals surface area contributed by atoms with Crippen LogP contribution in [0.3, 0.4) is 0 Å². The summed E-state index contributed by atoms with van der Waals surface area (Å²) in [4.78, 5) is 22.5. The number of carbonyl (C=O) groups is 1. The maximum atomic E-state index is 11.7. The van der Waals surface area contributed by atoms with E-state index < -0.39 is 12.0 Å². The molecule has 132 valence electrons.